The molecule has 15 heavy (non-hydrogen) atoms. The summed E-state index contributed by atoms with van der Waals surface area (Å²) in [5.74, 6) is -0.169. The van der Waals surface area contributed by atoms with Gasteiger partial charge in [0.25, 0.3) is 5.69 Å². The summed E-state index contributed by atoms with van der Waals surface area (Å²) in [6, 6.07) is 6.16. The molecule has 75 valence electrons. The number of rotatable bonds is 3. The summed E-state index contributed by atoms with van der Waals surface area (Å²) >= 11 is 0. The van der Waals surface area contributed by atoms with E-state index in [1.54, 1.807) is 18.2 Å². The van der Waals surface area contributed by atoms with Gasteiger partial charge in [0.2, 0.25) is 0 Å². The molecule has 0 saturated carbocycles. The zero-order chi connectivity index (χ0) is 11.4. The van der Waals surface area contributed by atoms with Crippen molar-refractivity contribution >= 4 is 5.69 Å². The molecule has 0 aromatic heterocycles. The number of nitro groups is 1. The van der Waals surface area contributed by atoms with Gasteiger partial charge in [-0.2, -0.15) is 5.26 Å². The Bertz CT molecular complexity index is 446. The van der Waals surface area contributed by atoms with Gasteiger partial charge >= 0.3 is 0 Å². The number of allylic oxidation sites excluding steroid dienone is 1. The number of hydrogen-bond donors (Lipinski definition) is 0. The average Bonchev–Trinajstić information content (AvgIpc) is 2.26. The molecule has 0 aliphatic rings. The Balaban J connectivity index is 3.26. The number of hydrogen-bond acceptors (Lipinski definition) is 3. The summed E-state index contributed by atoms with van der Waals surface area (Å²) in [7, 11) is 0. The van der Waals surface area contributed by atoms with Crippen molar-refractivity contribution in [3.8, 4) is 6.07 Å². The third kappa shape index (κ3) is 2.20. The van der Waals surface area contributed by atoms with Crippen LogP contribution >= 0.6 is 0 Å². The summed E-state index contributed by atoms with van der Waals surface area (Å²) in [5.41, 5.74) is 0.609. The van der Waals surface area contributed by atoms with Crippen molar-refractivity contribution < 1.29 is 4.92 Å². The van der Waals surface area contributed by atoms with Gasteiger partial charge in [0, 0.05) is 12.0 Å². The van der Waals surface area contributed by atoms with E-state index >= 15 is 0 Å². The van der Waals surface area contributed by atoms with Crippen LogP contribution in [0.2, 0.25) is 0 Å². The first kappa shape index (κ1) is 10.9. The Morgan fingerprint density at radius 2 is 2.27 bits per heavy atom. The van der Waals surface area contributed by atoms with E-state index in [2.05, 4.69) is 13.5 Å². The Hall–Kier alpha value is -2.15. The standard InChI is InChI=1S/C11H9N2O2/c1-3-8(2)9-4-5-11(13(14)15)10(6-9)7-12/h3-6,8H,1-2H2. The molecule has 1 aromatic rings. The summed E-state index contributed by atoms with van der Waals surface area (Å²) in [6.07, 6.45) is 1.61. The fourth-order valence-corrected chi connectivity index (χ4v) is 1.17. The molecular weight excluding hydrogens is 192 g/mol. The van der Waals surface area contributed by atoms with E-state index in [-0.39, 0.29) is 17.2 Å². The van der Waals surface area contributed by atoms with Crippen LogP contribution in [0.15, 0.2) is 30.9 Å². The molecule has 0 spiro atoms. The second-order valence-corrected chi connectivity index (χ2v) is 2.99. The van der Waals surface area contributed by atoms with Crippen LogP contribution in [0.3, 0.4) is 0 Å². The molecule has 1 rings (SSSR count). The quantitative estimate of drug-likeness (QED) is 0.428. The first-order chi connectivity index (χ1) is 7.10. The molecule has 4 heteroatoms. The van der Waals surface area contributed by atoms with Crippen LogP contribution in [0.25, 0.3) is 0 Å². The van der Waals surface area contributed by atoms with Gasteiger partial charge in [-0.25, -0.2) is 0 Å². The maximum Gasteiger partial charge on any atom is 0.287 e. The van der Waals surface area contributed by atoms with E-state index in [4.69, 9.17) is 5.26 Å². The topological polar surface area (TPSA) is 66.9 Å². The van der Waals surface area contributed by atoms with Gasteiger partial charge in [0.05, 0.1) is 4.92 Å². The van der Waals surface area contributed by atoms with Crippen molar-refractivity contribution in [1.82, 2.24) is 0 Å². The first-order valence-electron chi connectivity index (χ1n) is 4.24. The van der Waals surface area contributed by atoms with E-state index in [0.717, 1.165) is 5.56 Å². The molecule has 4 nitrogen and oxygen atoms in total. The van der Waals surface area contributed by atoms with Crippen LogP contribution in [0.5, 0.6) is 0 Å². The van der Waals surface area contributed by atoms with Gasteiger partial charge in [0.15, 0.2) is 0 Å². The number of nitro benzene ring substituents is 1. The average molecular weight is 201 g/mol. The van der Waals surface area contributed by atoms with Crippen molar-refractivity contribution in [2.45, 2.75) is 5.92 Å². The molecule has 0 amide bonds. The molecule has 0 fully saturated rings. The van der Waals surface area contributed by atoms with Gasteiger partial charge in [-0.05, 0) is 18.6 Å². The Morgan fingerprint density at radius 3 is 2.73 bits per heavy atom. The van der Waals surface area contributed by atoms with Gasteiger partial charge in [0.1, 0.15) is 11.6 Å². The third-order valence-corrected chi connectivity index (χ3v) is 2.05. The molecular formula is C11H9N2O2. The predicted octanol–water partition coefficient (Wildman–Crippen LogP) is 2.57. The van der Waals surface area contributed by atoms with E-state index in [1.807, 2.05) is 0 Å². The van der Waals surface area contributed by atoms with Crippen LogP contribution < -0.4 is 0 Å². The van der Waals surface area contributed by atoms with Crippen LogP contribution in [0.1, 0.15) is 17.0 Å². The third-order valence-electron chi connectivity index (χ3n) is 2.05. The van der Waals surface area contributed by atoms with Crippen LogP contribution in [0.4, 0.5) is 5.69 Å². The fourth-order valence-electron chi connectivity index (χ4n) is 1.17. The lowest BCUT2D eigenvalue weighted by molar-refractivity contribution is -0.385. The van der Waals surface area contributed by atoms with Gasteiger partial charge in [-0.3, -0.25) is 10.1 Å². The lowest BCUT2D eigenvalue weighted by atomic mass is 9.99. The maximum absolute atomic E-state index is 10.6. The minimum Gasteiger partial charge on any atom is -0.258 e. The monoisotopic (exact) mass is 201 g/mol. The summed E-state index contributed by atoms with van der Waals surface area (Å²) < 4.78 is 0. The number of nitrogens with zero attached hydrogens (tertiary/aromatic N) is 2. The summed E-state index contributed by atoms with van der Waals surface area (Å²) in [4.78, 5) is 9.97. The van der Waals surface area contributed by atoms with E-state index in [9.17, 15) is 10.1 Å². The van der Waals surface area contributed by atoms with E-state index in [1.165, 1.54) is 12.1 Å². The van der Waals surface area contributed by atoms with Gasteiger partial charge < -0.3 is 0 Å². The SMILES string of the molecule is [CH2]C(C=C)c1ccc([N+](=O)[O-])c(C#N)c1. The lowest BCUT2D eigenvalue weighted by Gasteiger charge is -2.05. The smallest absolute Gasteiger partial charge is 0.258 e. The minimum atomic E-state index is -0.575. The second-order valence-electron chi connectivity index (χ2n) is 2.99. The van der Waals surface area contributed by atoms with E-state index in [0.29, 0.717) is 0 Å². The number of nitriles is 1. The van der Waals surface area contributed by atoms with Gasteiger partial charge in [-0.1, -0.05) is 12.1 Å². The molecule has 0 aliphatic heterocycles. The molecule has 0 aliphatic carbocycles. The molecule has 1 unspecified atom stereocenters. The van der Waals surface area contributed by atoms with Crippen molar-refractivity contribution in [1.29, 1.82) is 5.26 Å². The molecule has 1 atom stereocenters. The molecule has 1 radical (unpaired) electrons. The maximum atomic E-state index is 10.6. The number of benzene rings is 1. The Labute approximate surface area is 87.6 Å². The predicted molar refractivity (Wildman–Crippen MR) is 56.1 cm³/mol. The Kier molecular flexibility index (Phi) is 3.19. The lowest BCUT2D eigenvalue weighted by Crippen LogP contribution is -1.95. The molecule has 1 aromatic carbocycles. The normalized spacial score (nSPS) is 11.5. The molecule has 0 heterocycles. The van der Waals surface area contributed by atoms with Crippen LogP contribution in [-0.2, 0) is 0 Å². The minimum absolute atomic E-state index is 0.0491. The van der Waals surface area contributed by atoms with Crippen molar-refractivity contribution in [2.75, 3.05) is 0 Å². The highest BCUT2D eigenvalue weighted by Crippen LogP contribution is 2.23. The van der Waals surface area contributed by atoms with Crippen LogP contribution in [-0.4, -0.2) is 4.92 Å². The largest absolute Gasteiger partial charge is 0.287 e. The molecule has 0 bridgehead atoms. The molecule has 0 saturated heterocycles. The molecule has 0 N–H and O–H groups in total. The van der Waals surface area contributed by atoms with Crippen molar-refractivity contribution in [3.63, 3.8) is 0 Å². The van der Waals surface area contributed by atoms with Crippen LogP contribution in [0, 0.1) is 28.4 Å². The zero-order valence-corrected chi connectivity index (χ0v) is 8.01. The van der Waals surface area contributed by atoms with E-state index < -0.39 is 4.92 Å². The van der Waals surface area contributed by atoms with Crippen molar-refractivity contribution in [2.24, 2.45) is 0 Å². The zero-order valence-electron chi connectivity index (χ0n) is 8.01. The highest BCUT2D eigenvalue weighted by atomic mass is 16.6. The first-order valence-corrected chi connectivity index (χ1v) is 4.24. The summed E-state index contributed by atoms with van der Waals surface area (Å²) in [5, 5.41) is 19.3. The highest BCUT2D eigenvalue weighted by Gasteiger charge is 2.14. The van der Waals surface area contributed by atoms with Crippen molar-refractivity contribution in [3.05, 3.63) is 59.0 Å². The van der Waals surface area contributed by atoms with Gasteiger partial charge in [-0.15, -0.1) is 6.58 Å². The second kappa shape index (κ2) is 4.38. The highest BCUT2D eigenvalue weighted by molar-refractivity contribution is 5.51. The Morgan fingerprint density at radius 1 is 1.60 bits per heavy atom. The summed E-state index contributed by atoms with van der Waals surface area (Å²) in [6.45, 7) is 7.35. The fraction of sp³-hybridized carbons (Fsp3) is 0.0909.